The number of carbonyl (C=O) groups excluding carboxylic acids is 1. The normalized spacial score (nSPS) is 20.0. The van der Waals surface area contributed by atoms with Crippen molar-refractivity contribution < 1.29 is 9.53 Å². The Bertz CT molecular complexity index is 725. The molecule has 6 heteroatoms. The lowest BCUT2D eigenvalue weighted by Gasteiger charge is -2.39. The van der Waals surface area contributed by atoms with Gasteiger partial charge in [-0.1, -0.05) is 36.0 Å². The summed E-state index contributed by atoms with van der Waals surface area (Å²) in [6.45, 7) is 6.00. The first-order valence-electron chi connectivity index (χ1n) is 8.82. The molecule has 3 heterocycles. The molecule has 0 aromatic heterocycles. The van der Waals surface area contributed by atoms with Gasteiger partial charge >= 0.3 is 0 Å². The van der Waals surface area contributed by atoms with Gasteiger partial charge in [0.2, 0.25) is 5.91 Å². The molecule has 1 fully saturated rings. The first-order valence-corrected chi connectivity index (χ1v) is 9.70. The number of thioether (sulfide) groups is 1. The van der Waals surface area contributed by atoms with E-state index in [0.29, 0.717) is 26.1 Å². The minimum atomic E-state index is 0.155. The van der Waals surface area contributed by atoms with Crippen LogP contribution in [0, 0.1) is 6.92 Å². The number of amidine groups is 1. The highest BCUT2D eigenvalue weighted by atomic mass is 32.2. The van der Waals surface area contributed by atoms with Gasteiger partial charge in [-0.05, 0) is 29.9 Å². The van der Waals surface area contributed by atoms with E-state index in [2.05, 4.69) is 34.4 Å². The Morgan fingerprint density at radius 2 is 2.20 bits per heavy atom. The zero-order chi connectivity index (χ0) is 17.2. The van der Waals surface area contributed by atoms with E-state index in [1.165, 1.54) is 11.1 Å². The second-order valence-electron chi connectivity index (χ2n) is 6.73. The van der Waals surface area contributed by atoms with Crippen molar-refractivity contribution in [3.05, 3.63) is 46.5 Å². The lowest BCUT2D eigenvalue weighted by molar-refractivity contribution is -0.145. The van der Waals surface area contributed by atoms with Crippen LogP contribution in [0.5, 0.6) is 0 Å². The molecule has 132 valence electrons. The molecule has 0 atom stereocenters. The van der Waals surface area contributed by atoms with E-state index in [9.17, 15) is 4.79 Å². The van der Waals surface area contributed by atoms with Gasteiger partial charge in [0.15, 0.2) is 5.17 Å². The third-order valence-corrected chi connectivity index (χ3v) is 5.88. The van der Waals surface area contributed by atoms with Crippen LogP contribution in [0.4, 0.5) is 0 Å². The van der Waals surface area contributed by atoms with Gasteiger partial charge in [-0.25, -0.2) is 0 Å². The lowest BCUT2D eigenvalue weighted by Crippen LogP contribution is -2.55. The Kier molecular flexibility index (Phi) is 4.81. The van der Waals surface area contributed by atoms with E-state index in [1.54, 1.807) is 11.8 Å². The van der Waals surface area contributed by atoms with Gasteiger partial charge in [0.25, 0.3) is 0 Å². The lowest BCUT2D eigenvalue weighted by atomic mass is 10.1. The molecule has 5 nitrogen and oxygen atoms in total. The van der Waals surface area contributed by atoms with Gasteiger partial charge in [-0.3, -0.25) is 9.79 Å². The van der Waals surface area contributed by atoms with Crippen molar-refractivity contribution in [2.75, 3.05) is 26.2 Å². The number of amides is 1. The third-order valence-electron chi connectivity index (χ3n) is 4.93. The molecule has 0 bridgehead atoms. The summed E-state index contributed by atoms with van der Waals surface area (Å²) in [6, 6.07) is 8.27. The summed E-state index contributed by atoms with van der Waals surface area (Å²) < 4.78 is 5.94. The van der Waals surface area contributed by atoms with Gasteiger partial charge < -0.3 is 14.5 Å². The monoisotopic (exact) mass is 357 g/mol. The standard InChI is InChI=1S/C19H23N3O2S/c1-14-5-2-3-6-15(14)12-24-17-10-21(11-17)18(23)9-16-13-25-19-20-7-4-8-22(16)19/h2-3,5-6,13,17H,4,7-12H2,1H3. The molecule has 1 aromatic rings. The number of ether oxygens (including phenoxy) is 1. The van der Waals surface area contributed by atoms with Crippen LogP contribution >= 0.6 is 11.8 Å². The van der Waals surface area contributed by atoms with E-state index < -0.39 is 0 Å². The van der Waals surface area contributed by atoms with E-state index in [-0.39, 0.29) is 12.0 Å². The molecule has 3 aliphatic heterocycles. The molecule has 4 rings (SSSR count). The SMILES string of the molecule is Cc1ccccc1COC1CN(C(=O)CC2=CSC3=NCCCN23)C1. The van der Waals surface area contributed by atoms with E-state index >= 15 is 0 Å². The number of hydrogen-bond donors (Lipinski definition) is 0. The fourth-order valence-electron chi connectivity index (χ4n) is 3.27. The highest BCUT2D eigenvalue weighted by Gasteiger charge is 2.33. The van der Waals surface area contributed by atoms with Crippen LogP contribution in [0.1, 0.15) is 24.0 Å². The van der Waals surface area contributed by atoms with E-state index in [0.717, 1.165) is 30.4 Å². The average Bonchev–Trinajstić information content (AvgIpc) is 2.98. The zero-order valence-corrected chi connectivity index (χ0v) is 15.3. The number of likely N-dealkylation sites (tertiary alicyclic amines) is 1. The summed E-state index contributed by atoms with van der Waals surface area (Å²) in [7, 11) is 0. The van der Waals surface area contributed by atoms with Crippen molar-refractivity contribution in [1.82, 2.24) is 9.80 Å². The van der Waals surface area contributed by atoms with Crippen LogP contribution in [0.3, 0.4) is 0 Å². The number of carbonyl (C=O) groups is 1. The number of nitrogens with zero attached hydrogens (tertiary/aromatic N) is 3. The van der Waals surface area contributed by atoms with Gasteiger partial charge in [0, 0.05) is 31.9 Å². The molecular formula is C19H23N3O2S. The van der Waals surface area contributed by atoms with Crippen molar-refractivity contribution >= 4 is 22.8 Å². The molecular weight excluding hydrogens is 334 g/mol. The Hall–Kier alpha value is -1.79. The second-order valence-corrected chi connectivity index (χ2v) is 7.57. The third kappa shape index (κ3) is 3.60. The molecule has 1 amide bonds. The fourth-order valence-corrected chi connectivity index (χ4v) is 4.22. The van der Waals surface area contributed by atoms with Crippen LogP contribution in [-0.4, -0.2) is 53.2 Å². The number of aryl methyl sites for hydroxylation is 1. The first-order chi connectivity index (χ1) is 12.2. The minimum Gasteiger partial charge on any atom is -0.370 e. The molecule has 0 saturated carbocycles. The quantitative estimate of drug-likeness (QED) is 0.813. The van der Waals surface area contributed by atoms with Crippen LogP contribution < -0.4 is 0 Å². The molecule has 0 unspecified atom stereocenters. The first kappa shape index (κ1) is 16.7. The number of benzene rings is 1. The molecule has 0 spiro atoms. The van der Waals surface area contributed by atoms with Crippen LogP contribution in [0.25, 0.3) is 0 Å². The Balaban J connectivity index is 1.23. The Morgan fingerprint density at radius 3 is 3.04 bits per heavy atom. The van der Waals surface area contributed by atoms with Gasteiger partial charge in [0.1, 0.15) is 0 Å². The largest absolute Gasteiger partial charge is 0.370 e. The van der Waals surface area contributed by atoms with Crippen molar-refractivity contribution in [2.45, 2.75) is 32.5 Å². The minimum absolute atomic E-state index is 0.155. The molecule has 0 aliphatic carbocycles. The van der Waals surface area contributed by atoms with Gasteiger partial charge in [-0.15, -0.1) is 0 Å². The predicted octanol–water partition coefficient (Wildman–Crippen LogP) is 2.76. The summed E-state index contributed by atoms with van der Waals surface area (Å²) in [5.41, 5.74) is 3.56. The summed E-state index contributed by atoms with van der Waals surface area (Å²) in [5.74, 6) is 0.189. The molecule has 1 saturated heterocycles. The zero-order valence-electron chi connectivity index (χ0n) is 14.5. The van der Waals surface area contributed by atoms with Crippen molar-refractivity contribution in [1.29, 1.82) is 0 Å². The van der Waals surface area contributed by atoms with Gasteiger partial charge in [0.05, 0.1) is 19.1 Å². The Labute approximate surface area is 152 Å². The van der Waals surface area contributed by atoms with Crippen molar-refractivity contribution in [3.8, 4) is 0 Å². The predicted molar refractivity (Wildman–Crippen MR) is 100 cm³/mol. The van der Waals surface area contributed by atoms with Crippen LogP contribution in [0.15, 0.2) is 40.4 Å². The van der Waals surface area contributed by atoms with Crippen molar-refractivity contribution in [2.24, 2.45) is 4.99 Å². The number of aliphatic imine (C=N–C) groups is 1. The molecule has 3 aliphatic rings. The summed E-state index contributed by atoms with van der Waals surface area (Å²) in [6.07, 6.45) is 1.69. The number of hydrogen-bond acceptors (Lipinski definition) is 5. The van der Waals surface area contributed by atoms with E-state index in [4.69, 9.17) is 4.74 Å². The smallest absolute Gasteiger partial charge is 0.228 e. The second kappa shape index (κ2) is 7.22. The fraction of sp³-hybridized carbons (Fsp3) is 0.474. The van der Waals surface area contributed by atoms with Crippen molar-refractivity contribution in [3.63, 3.8) is 0 Å². The number of fused-ring (bicyclic) bond motifs is 1. The average molecular weight is 357 g/mol. The topological polar surface area (TPSA) is 45.1 Å². The Morgan fingerprint density at radius 1 is 1.36 bits per heavy atom. The molecule has 1 aromatic carbocycles. The van der Waals surface area contributed by atoms with Crippen LogP contribution in [-0.2, 0) is 16.1 Å². The van der Waals surface area contributed by atoms with Crippen LogP contribution in [0.2, 0.25) is 0 Å². The van der Waals surface area contributed by atoms with E-state index in [1.807, 2.05) is 17.0 Å². The maximum absolute atomic E-state index is 12.5. The highest BCUT2D eigenvalue weighted by Crippen LogP contribution is 2.31. The molecule has 0 radical (unpaired) electrons. The molecule has 0 N–H and O–H groups in total. The number of rotatable bonds is 5. The summed E-state index contributed by atoms with van der Waals surface area (Å²) >= 11 is 1.64. The summed E-state index contributed by atoms with van der Waals surface area (Å²) in [4.78, 5) is 21.1. The highest BCUT2D eigenvalue weighted by molar-refractivity contribution is 8.16. The van der Waals surface area contributed by atoms with Gasteiger partial charge in [-0.2, -0.15) is 0 Å². The maximum atomic E-state index is 12.5. The molecule has 25 heavy (non-hydrogen) atoms. The maximum Gasteiger partial charge on any atom is 0.228 e. The summed E-state index contributed by atoms with van der Waals surface area (Å²) in [5, 5.41) is 3.13.